The molecule has 1 aliphatic carbocycles. The number of esters is 1. The lowest BCUT2D eigenvalue weighted by Crippen LogP contribution is -2.40. The summed E-state index contributed by atoms with van der Waals surface area (Å²) in [6.07, 6.45) is 0.760. The number of nitrogens with one attached hydrogen (secondary N) is 1. The molecule has 114 valence electrons. The number of hydrogen-bond donors (Lipinski definition) is 1. The highest BCUT2D eigenvalue weighted by Crippen LogP contribution is 2.47. The molecule has 5 heteroatoms. The van der Waals surface area contributed by atoms with Crippen molar-refractivity contribution in [2.75, 3.05) is 13.7 Å². The van der Waals surface area contributed by atoms with Crippen molar-refractivity contribution in [3.05, 3.63) is 35.6 Å². The molecule has 2 unspecified atom stereocenters. The van der Waals surface area contributed by atoms with Crippen molar-refractivity contribution in [1.82, 2.24) is 5.32 Å². The maximum absolute atomic E-state index is 12.9. The number of amides is 1. The largest absolute Gasteiger partial charge is 0.469 e. The highest BCUT2D eigenvalue weighted by Gasteiger charge is 2.44. The van der Waals surface area contributed by atoms with Crippen LogP contribution in [0.2, 0.25) is 0 Å². The minimum atomic E-state index is -0.745. The first-order valence-corrected chi connectivity index (χ1v) is 6.97. The summed E-state index contributed by atoms with van der Waals surface area (Å²) in [5.41, 5.74) is 0.230. The first-order valence-electron chi connectivity index (χ1n) is 6.97. The maximum Gasteiger partial charge on any atom is 0.313 e. The topological polar surface area (TPSA) is 55.4 Å². The van der Waals surface area contributed by atoms with Crippen molar-refractivity contribution >= 4 is 11.9 Å². The van der Waals surface area contributed by atoms with Gasteiger partial charge in [-0.25, -0.2) is 4.39 Å². The summed E-state index contributed by atoms with van der Waals surface area (Å²) in [7, 11) is 1.33. The summed E-state index contributed by atoms with van der Waals surface area (Å²) in [6.45, 7) is 3.69. The van der Waals surface area contributed by atoms with Crippen LogP contribution in [0.5, 0.6) is 0 Å². The lowest BCUT2D eigenvalue weighted by Gasteiger charge is -2.21. The summed E-state index contributed by atoms with van der Waals surface area (Å²) < 4.78 is 17.6. The van der Waals surface area contributed by atoms with Crippen LogP contribution in [0.1, 0.15) is 31.7 Å². The molecule has 0 radical (unpaired) electrons. The second kappa shape index (κ2) is 5.84. The lowest BCUT2D eigenvalue weighted by atomic mass is 9.93. The van der Waals surface area contributed by atoms with Gasteiger partial charge in [-0.05, 0) is 43.9 Å². The van der Waals surface area contributed by atoms with Crippen molar-refractivity contribution in [1.29, 1.82) is 0 Å². The van der Waals surface area contributed by atoms with E-state index in [9.17, 15) is 14.0 Å². The van der Waals surface area contributed by atoms with E-state index >= 15 is 0 Å². The van der Waals surface area contributed by atoms with Gasteiger partial charge < -0.3 is 10.1 Å². The molecule has 0 bridgehead atoms. The highest BCUT2D eigenvalue weighted by molar-refractivity contribution is 5.84. The molecule has 1 aromatic carbocycles. The van der Waals surface area contributed by atoms with E-state index in [1.807, 2.05) is 0 Å². The van der Waals surface area contributed by atoms with E-state index in [1.54, 1.807) is 26.0 Å². The number of rotatable bonds is 5. The molecule has 1 amide bonds. The van der Waals surface area contributed by atoms with E-state index in [1.165, 1.54) is 19.2 Å². The molecule has 2 rings (SSSR count). The number of methoxy groups -OCH3 is 1. The third-order valence-corrected chi connectivity index (χ3v) is 3.87. The SMILES string of the molecule is COC(=O)C(C)(C)CNC(=O)C1CC1c1ccc(F)cc1. The van der Waals surface area contributed by atoms with Crippen LogP contribution in [0.25, 0.3) is 0 Å². The number of carbonyl (C=O) groups excluding carboxylic acids is 2. The van der Waals surface area contributed by atoms with Gasteiger partial charge in [0.2, 0.25) is 5.91 Å². The van der Waals surface area contributed by atoms with E-state index in [2.05, 4.69) is 5.32 Å². The summed E-state index contributed by atoms with van der Waals surface area (Å²) in [5, 5.41) is 2.80. The van der Waals surface area contributed by atoms with E-state index < -0.39 is 5.41 Å². The minimum absolute atomic E-state index is 0.0682. The van der Waals surface area contributed by atoms with Crippen molar-refractivity contribution < 1.29 is 18.7 Å². The van der Waals surface area contributed by atoms with Crippen LogP contribution < -0.4 is 5.32 Å². The molecule has 0 aliphatic heterocycles. The fourth-order valence-corrected chi connectivity index (χ4v) is 2.35. The normalized spacial score (nSPS) is 20.8. The first-order chi connectivity index (χ1) is 9.85. The fraction of sp³-hybridized carbons (Fsp3) is 0.500. The Morgan fingerprint density at radius 2 is 1.95 bits per heavy atom. The standard InChI is InChI=1S/C16H20FNO3/c1-16(2,15(20)21-3)9-18-14(19)13-8-12(13)10-4-6-11(17)7-5-10/h4-7,12-13H,8-9H2,1-3H3,(H,18,19). The zero-order valence-corrected chi connectivity index (χ0v) is 12.5. The van der Waals surface area contributed by atoms with Gasteiger partial charge in [0.05, 0.1) is 12.5 Å². The van der Waals surface area contributed by atoms with Crippen molar-refractivity contribution in [2.24, 2.45) is 11.3 Å². The second-order valence-electron chi connectivity index (χ2n) is 6.09. The molecular formula is C16H20FNO3. The van der Waals surface area contributed by atoms with Gasteiger partial charge in [0.1, 0.15) is 5.82 Å². The van der Waals surface area contributed by atoms with Crippen LogP contribution in [-0.4, -0.2) is 25.5 Å². The molecule has 1 aromatic rings. The van der Waals surface area contributed by atoms with E-state index in [0.717, 1.165) is 12.0 Å². The molecule has 0 aromatic heterocycles. The first kappa shape index (κ1) is 15.5. The van der Waals surface area contributed by atoms with E-state index in [0.29, 0.717) is 0 Å². The van der Waals surface area contributed by atoms with Crippen LogP contribution in [0.4, 0.5) is 4.39 Å². The zero-order valence-electron chi connectivity index (χ0n) is 12.5. The van der Waals surface area contributed by atoms with Gasteiger partial charge in [-0.1, -0.05) is 12.1 Å². The summed E-state index contributed by atoms with van der Waals surface area (Å²) >= 11 is 0. The van der Waals surface area contributed by atoms with Gasteiger partial charge in [0.25, 0.3) is 0 Å². The fourth-order valence-electron chi connectivity index (χ4n) is 2.35. The van der Waals surface area contributed by atoms with Crippen LogP contribution in [0, 0.1) is 17.2 Å². The molecular weight excluding hydrogens is 273 g/mol. The van der Waals surface area contributed by atoms with Crippen molar-refractivity contribution in [2.45, 2.75) is 26.2 Å². The average molecular weight is 293 g/mol. The van der Waals surface area contributed by atoms with E-state index in [4.69, 9.17) is 4.74 Å². The van der Waals surface area contributed by atoms with Crippen LogP contribution in [0.3, 0.4) is 0 Å². The second-order valence-corrected chi connectivity index (χ2v) is 6.09. The van der Waals surface area contributed by atoms with Crippen LogP contribution in [-0.2, 0) is 14.3 Å². The Hall–Kier alpha value is -1.91. The highest BCUT2D eigenvalue weighted by atomic mass is 19.1. The number of hydrogen-bond acceptors (Lipinski definition) is 3. The Kier molecular flexibility index (Phi) is 4.30. The number of halogens is 1. The predicted molar refractivity (Wildman–Crippen MR) is 76.1 cm³/mol. The Morgan fingerprint density at radius 1 is 1.33 bits per heavy atom. The maximum atomic E-state index is 12.9. The molecule has 1 saturated carbocycles. The summed E-state index contributed by atoms with van der Waals surface area (Å²) in [4.78, 5) is 23.6. The van der Waals surface area contributed by atoms with Gasteiger partial charge in [-0.15, -0.1) is 0 Å². The quantitative estimate of drug-likeness (QED) is 0.847. The van der Waals surface area contributed by atoms with Gasteiger partial charge in [0, 0.05) is 12.5 Å². The molecule has 1 aliphatic rings. The van der Waals surface area contributed by atoms with Crippen LogP contribution >= 0.6 is 0 Å². The molecule has 1 N–H and O–H groups in total. The molecule has 0 spiro atoms. The van der Waals surface area contributed by atoms with Gasteiger partial charge in [-0.2, -0.15) is 0 Å². The molecule has 21 heavy (non-hydrogen) atoms. The van der Waals surface area contributed by atoms with Crippen molar-refractivity contribution in [3.8, 4) is 0 Å². The third kappa shape index (κ3) is 3.60. The Balaban J connectivity index is 1.86. The molecule has 0 saturated heterocycles. The van der Waals surface area contributed by atoms with Crippen molar-refractivity contribution in [3.63, 3.8) is 0 Å². The summed E-state index contributed by atoms with van der Waals surface area (Å²) in [6, 6.07) is 6.24. The van der Waals surface area contributed by atoms with Gasteiger partial charge >= 0.3 is 5.97 Å². The smallest absolute Gasteiger partial charge is 0.313 e. The monoisotopic (exact) mass is 293 g/mol. The molecule has 2 atom stereocenters. The minimum Gasteiger partial charge on any atom is -0.469 e. The zero-order chi connectivity index (χ0) is 15.6. The average Bonchev–Trinajstić information content (AvgIpc) is 3.25. The Bertz CT molecular complexity index is 539. The lowest BCUT2D eigenvalue weighted by molar-refractivity contribution is -0.150. The Morgan fingerprint density at radius 3 is 2.52 bits per heavy atom. The number of ether oxygens (including phenoxy) is 1. The third-order valence-electron chi connectivity index (χ3n) is 3.87. The summed E-state index contributed by atoms with van der Waals surface area (Å²) in [5.74, 6) is -0.647. The predicted octanol–water partition coefficient (Wildman–Crippen LogP) is 2.24. The number of benzene rings is 1. The van der Waals surface area contributed by atoms with Gasteiger partial charge in [-0.3, -0.25) is 9.59 Å². The molecule has 0 heterocycles. The van der Waals surface area contributed by atoms with Crippen LogP contribution in [0.15, 0.2) is 24.3 Å². The number of carbonyl (C=O) groups is 2. The van der Waals surface area contributed by atoms with Gasteiger partial charge in [0.15, 0.2) is 0 Å². The Labute approximate surface area is 123 Å². The molecule has 4 nitrogen and oxygen atoms in total. The molecule has 1 fully saturated rings. The van der Waals surface area contributed by atoms with E-state index in [-0.39, 0.29) is 36.1 Å².